The molecule has 0 spiro atoms. The lowest BCUT2D eigenvalue weighted by Gasteiger charge is -2.15. The Kier molecular flexibility index (Phi) is 4.22. The summed E-state index contributed by atoms with van der Waals surface area (Å²) in [6.07, 6.45) is 2.18. The summed E-state index contributed by atoms with van der Waals surface area (Å²) in [7, 11) is 0. The predicted molar refractivity (Wildman–Crippen MR) is 83.1 cm³/mol. The van der Waals surface area contributed by atoms with Gasteiger partial charge in [-0.2, -0.15) is 0 Å². The van der Waals surface area contributed by atoms with E-state index in [4.69, 9.17) is 0 Å². The van der Waals surface area contributed by atoms with Gasteiger partial charge < -0.3 is 5.32 Å². The largest absolute Gasteiger partial charge is 0.349 e. The normalized spacial score (nSPS) is 24.1. The molecule has 0 aliphatic heterocycles. The van der Waals surface area contributed by atoms with Crippen LogP contribution in [0.3, 0.4) is 0 Å². The van der Waals surface area contributed by atoms with E-state index in [2.05, 4.69) is 39.1 Å². The molecule has 1 saturated carbocycles. The van der Waals surface area contributed by atoms with Gasteiger partial charge in [0.15, 0.2) is 0 Å². The van der Waals surface area contributed by atoms with Crippen LogP contribution in [0, 0.1) is 23.1 Å². The van der Waals surface area contributed by atoms with Crippen molar-refractivity contribution in [1.29, 1.82) is 0 Å². The molecule has 1 fully saturated rings. The first kappa shape index (κ1) is 15.7. The Hall–Kier alpha value is -1.64. The SMILES string of the molecule is CC(C)=CC1C(C(=O)NC(C)c2cccc(F)c2)C1(C)C. The van der Waals surface area contributed by atoms with Crippen LogP contribution in [0.1, 0.15) is 46.2 Å². The third kappa shape index (κ3) is 3.34. The fourth-order valence-electron chi connectivity index (χ4n) is 3.01. The second-order valence-electron chi connectivity index (χ2n) is 6.85. The van der Waals surface area contributed by atoms with Crippen LogP contribution in [0.15, 0.2) is 35.9 Å². The van der Waals surface area contributed by atoms with Gasteiger partial charge in [-0.25, -0.2) is 4.39 Å². The predicted octanol–water partition coefficient (Wildman–Crippen LogP) is 4.24. The van der Waals surface area contributed by atoms with E-state index in [0.29, 0.717) is 5.92 Å². The van der Waals surface area contributed by atoms with E-state index in [1.807, 2.05) is 13.0 Å². The monoisotopic (exact) mass is 289 g/mol. The summed E-state index contributed by atoms with van der Waals surface area (Å²) in [5.74, 6) is 0.0765. The number of hydrogen-bond acceptors (Lipinski definition) is 1. The van der Waals surface area contributed by atoms with Crippen molar-refractivity contribution < 1.29 is 9.18 Å². The summed E-state index contributed by atoms with van der Waals surface area (Å²) >= 11 is 0. The minimum absolute atomic E-state index is 0.00299. The maximum Gasteiger partial charge on any atom is 0.224 e. The average molecular weight is 289 g/mol. The molecule has 0 heterocycles. The summed E-state index contributed by atoms with van der Waals surface area (Å²) in [4.78, 5) is 12.4. The number of hydrogen-bond donors (Lipinski definition) is 1. The number of amides is 1. The Morgan fingerprint density at radius 3 is 2.62 bits per heavy atom. The average Bonchev–Trinajstić information content (AvgIpc) is 2.89. The minimum atomic E-state index is -0.275. The van der Waals surface area contributed by atoms with Crippen molar-refractivity contribution in [2.24, 2.45) is 17.3 Å². The zero-order valence-corrected chi connectivity index (χ0v) is 13.4. The third-order valence-corrected chi connectivity index (χ3v) is 4.41. The van der Waals surface area contributed by atoms with Gasteiger partial charge in [-0.05, 0) is 49.8 Å². The Bertz CT molecular complexity index is 572. The highest BCUT2D eigenvalue weighted by atomic mass is 19.1. The Morgan fingerprint density at radius 1 is 1.38 bits per heavy atom. The van der Waals surface area contributed by atoms with Crippen LogP contribution in [-0.4, -0.2) is 5.91 Å². The molecule has 1 aromatic carbocycles. The number of benzene rings is 1. The van der Waals surface area contributed by atoms with Crippen LogP contribution in [0.4, 0.5) is 4.39 Å². The van der Waals surface area contributed by atoms with Gasteiger partial charge in [-0.15, -0.1) is 0 Å². The third-order valence-electron chi connectivity index (χ3n) is 4.41. The van der Waals surface area contributed by atoms with Crippen LogP contribution in [0.2, 0.25) is 0 Å². The van der Waals surface area contributed by atoms with Gasteiger partial charge in [-0.3, -0.25) is 4.79 Å². The molecule has 1 N–H and O–H groups in total. The van der Waals surface area contributed by atoms with Gasteiger partial charge in [0.1, 0.15) is 5.82 Å². The molecule has 0 bridgehead atoms. The Morgan fingerprint density at radius 2 is 2.05 bits per heavy atom. The lowest BCUT2D eigenvalue weighted by molar-refractivity contribution is -0.123. The molecule has 2 nitrogen and oxygen atoms in total. The van der Waals surface area contributed by atoms with Gasteiger partial charge in [0, 0.05) is 0 Å². The van der Waals surface area contributed by atoms with Gasteiger partial charge in [0.2, 0.25) is 5.91 Å². The molecule has 3 heteroatoms. The molecule has 3 atom stereocenters. The van der Waals surface area contributed by atoms with Crippen molar-refractivity contribution in [1.82, 2.24) is 5.32 Å². The van der Waals surface area contributed by atoms with Crippen LogP contribution >= 0.6 is 0 Å². The van der Waals surface area contributed by atoms with Crippen LogP contribution in [0.5, 0.6) is 0 Å². The number of rotatable bonds is 4. The second-order valence-corrected chi connectivity index (χ2v) is 6.85. The molecule has 1 aromatic rings. The van der Waals surface area contributed by atoms with E-state index >= 15 is 0 Å². The van der Waals surface area contributed by atoms with Crippen molar-refractivity contribution in [2.45, 2.75) is 40.7 Å². The highest BCUT2D eigenvalue weighted by Gasteiger charge is 2.60. The summed E-state index contributed by atoms with van der Waals surface area (Å²) in [6, 6.07) is 6.20. The summed E-state index contributed by atoms with van der Waals surface area (Å²) < 4.78 is 13.2. The first-order chi connectivity index (χ1) is 9.73. The zero-order chi connectivity index (χ0) is 15.8. The van der Waals surface area contributed by atoms with Crippen molar-refractivity contribution in [3.8, 4) is 0 Å². The minimum Gasteiger partial charge on any atom is -0.349 e. The number of nitrogens with one attached hydrogen (secondary N) is 1. The molecule has 0 radical (unpaired) electrons. The van der Waals surface area contributed by atoms with Gasteiger partial charge >= 0.3 is 0 Å². The van der Waals surface area contributed by atoms with Gasteiger partial charge in [0.25, 0.3) is 0 Å². The quantitative estimate of drug-likeness (QED) is 0.825. The number of carbonyl (C=O) groups excluding carboxylic acids is 1. The fraction of sp³-hybridized carbons (Fsp3) is 0.500. The molecular weight excluding hydrogens is 265 g/mol. The number of carbonyl (C=O) groups is 1. The lowest BCUT2D eigenvalue weighted by atomic mass is 10.1. The van der Waals surface area contributed by atoms with E-state index < -0.39 is 0 Å². The first-order valence-electron chi connectivity index (χ1n) is 7.44. The highest BCUT2D eigenvalue weighted by molar-refractivity contribution is 5.84. The van der Waals surface area contributed by atoms with Crippen LogP contribution < -0.4 is 5.32 Å². The topological polar surface area (TPSA) is 29.1 Å². The van der Waals surface area contributed by atoms with E-state index in [-0.39, 0.29) is 29.1 Å². The molecule has 3 unspecified atom stereocenters. The molecule has 1 aliphatic rings. The maximum absolute atomic E-state index is 13.2. The van der Waals surface area contributed by atoms with Gasteiger partial charge in [0.05, 0.1) is 12.0 Å². The van der Waals surface area contributed by atoms with E-state index in [1.54, 1.807) is 6.07 Å². The lowest BCUT2D eigenvalue weighted by Crippen LogP contribution is -2.29. The smallest absolute Gasteiger partial charge is 0.224 e. The number of halogens is 1. The van der Waals surface area contributed by atoms with Crippen molar-refractivity contribution in [3.05, 3.63) is 47.3 Å². The molecule has 2 rings (SSSR count). The molecule has 0 saturated heterocycles. The van der Waals surface area contributed by atoms with Crippen molar-refractivity contribution in [3.63, 3.8) is 0 Å². The highest BCUT2D eigenvalue weighted by Crippen LogP contribution is 2.59. The first-order valence-corrected chi connectivity index (χ1v) is 7.44. The summed E-state index contributed by atoms with van der Waals surface area (Å²) in [5, 5.41) is 3.01. The van der Waals surface area contributed by atoms with Crippen LogP contribution in [-0.2, 0) is 4.79 Å². The molecular formula is C18H24FNO. The second kappa shape index (κ2) is 5.63. The Balaban J connectivity index is 2.04. The summed E-state index contributed by atoms with van der Waals surface area (Å²) in [6.45, 7) is 10.2. The Labute approximate surface area is 126 Å². The van der Waals surface area contributed by atoms with Crippen molar-refractivity contribution in [2.75, 3.05) is 0 Å². The van der Waals surface area contributed by atoms with E-state index in [1.165, 1.54) is 17.7 Å². The molecule has 1 amide bonds. The molecule has 0 aromatic heterocycles. The molecule has 21 heavy (non-hydrogen) atoms. The van der Waals surface area contributed by atoms with Gasteiger partial charge in [-0.1, -0.05) is 37.6 Å². The van der Waals surface area contributed by atoms with Crippen molar-refractivity contribution >= 4 is 5.91 Å². The maximum atomic E-state index is 13.2. The molecule has 1 aliphatic carbocycles. The van der Waals surface area contributed by atoms with Crippen LogP contribution in [0.25, 0.3) is 0 Å². The van der Waals surface area contributed by atoms with E-state index in [9.17, 15) is 9.18 Å². The zero-order valence-electron chi connectivity index (χ0n) is 13.4. The molecule has 114 valence electrons. The van der Waals surface area contributed by atoms with E-state index in [0.717, 1.165) is 5.56 Å². The number of allylic oxidation sites excluding steroid dienone is 2. The standard InChI is InChI=1S/C18H24FNO/c1-11(2)9-15-16(18(15,4)5)17(21)20-12(3)13-7-6-8-14(19)10-13/h6-10,12,15-16H,1-5H3,(H,20,21). The fourth-order valence-corrected chi connectivity index (χ4v) is 3.01. The summed E-state index contributed by atoms with van der Waals surface area (Å²) in [5.41, 5.74) is 2.03.